The Hall–Kier alpha value is -11.9. The Balaban J connectivity index is 0.000000227. The normalized spacial score (nSPS) is 24.7. The number of benzene rings is 2. The van der Waals surface area contributed by atoms with Gasteiger partial charge in [0.15, 0.2) is 63.8 Å². The van der Waals surface area contributed by atoms with Gasteiger partial charge in [-0.15, -0.1) is 0 Å². The Morgan fingerprint density at radius 2 is 0.814 bits per heavy atom. The molecule has 145 heavy (non-hydrogen) atoms. The third-order valence-electron chi connectivity index (χ3n) is 25.8. The quantitative estimate of drug-likeness (QED) is 0.0140. The molecule has 10 aromatic rings. The molecule has 2 aromatic carbocycles. The molecule has 17 atom stereocenters. The molecule has 14 unspecified atom stereocenters. The van der Waals surface area contributed by atoms with Gasteiger partial charge in [0.1, 0.15) is 35.8 Å². The zero-order valence-electron chi connectivity index (χ0n) is 78.6. The van der Waals surface area contributed by atoms with Gasteiger partial charge in [0.2, 0.25) is 10.6 Å². The summed E-state index contributed by atoms with van der Waals surface area (Å²) in [5.41, 5.74) is 26.1. The summed E-state index contributed by atoms with van der Waals surface area (Å²) in [6.07, 6.45) is 19.8. The summed E-state index contributed by atoms with van der Waals surface area (Å²) in [4.78, 5) is 94.6. The largest absolute Gasteiger partial charge is 0.399 e. The SMILES string of the molecule is C.C.C.C.C.CC1CC(N)CC(N)C1.CC1CC(N)CC(Nc2nc(Cl)ncc2F)C1.CC1CC(NC(=O)N2CC[C@H](F)C2)CC(Nc2nc(-c3c[nH]c4ncc(F)cc34)ncc2F)C1.CC1CC(NC(=O)N2CC[C@H](F)C2)CC(Nc2nc(Cl)ncc2F)C1.Cc1cc(N)cc([N+](=O)[O-])c1.Cc1ccc(S(=O)(=O)n2cc(-c3ncc(F)c(NC4CC(C)CC(NC(=O)N5CC[C@H](F)C5)C4)n3)c3cc(F)cnc32)cc1. The van der Waals surface area contributed by atoms with Gasteiger partial charge in [0.25, 0.3) is 15.7 Å². The molecule has 34 nitrogen and oxygen atoms in total. The average molecular weight is 2090 g/mol. The Morgan fingerprint density at radius 1 is 0.448 bits per heavy atom. The number of aromatic amines is 1. The Kier molecular flexibility index (Phi) is 43.6. The maximum atomic E-state index is 15.0. The highest BCUT2D eigenvalue weighted by molar-refractivity contribution is 7.90. The van der Waals surface area contributed by atoms with Crippen molar-refractivity contribution in [2.75, 3.05) is 66.3 Å². The Morgan fingerprint density at radius 3 is 1.21 bits per heavy atom. The molecule has 18 rings (SSSR count). The lowest BCUT2D eigenvalue weighted by atomic mass is 9.83. The maximum Gasteiger partial charge on any atom is 0.317 e. The molecular formula is C99H140Cl2F9N27O7S. The number of anilines is 5. The number of nitrogen functional groups attached to an aromatic ring is 1. The van der Waals surface area contributed by atoms with Crippen LogP contribution in [-0.4, -0.2) is 223 Å². The average Bonchev–Trinajstić information content (AvgIpc) is 1.59. The smallest absolute Gasteiger partial charge is 0.317 e. The van der Waals surface area contributed by atoms with E-state index in [1.807, 2.05) is 13.8 Å². The van der Waals surface area contributed by atoms with Crippen LogP contribution in [0.2, 0.25) is 10.6 Å². The molecule has 8 fully saturated rings. The van der Waals surface area contributed by atoms with Crippen molar-refractivity contribution in [3.63, 3.8) is 0 Å². The summed E-state index contributed by atoms with van der Waals surface area (Å²) in [5, 5.41) is 32.3. The van der Waals surface area contributed by atoms with Crippen LogP contribution < -0.4 is 60.2 Å². The van der Waals surface area contributed by atoms with Crippen LogP contribution in [0.1, 0.15) is 198 Å². The van der Waals surface area contributed by atoms with Crippen molar-refractivity contribution in [3.05, 3.63) is 171 Å². The summed E-state index contributed by atoms with van der Waals surface area (Å²) < 4.78 is 153. The molecule has 0 bridgehead atoms. The highest BCUT2D eigenvalue weighted by atomic mass is 35.5. The van der Waals surface area contributed by atoms with E-state index in [1.165, 1.54) is 51.2 Å². The van der Waals surface area contributed by atoms with Gasteiger partial charge in [-0.25, -0.2) is 106 Å². The number of nitro benzene ring substituents is 1. The molecule has 0 spiro atoms. The molecule has 5 aliphatic carbocycles. The first kappa shape index (κ1) is 118. The topological polar surface area (TPSA) is 476 Å². The zero-order chi connectivity index (χ0) is 101. The molecule has 8 aliphatic rings. The number of nitro groups is 1. The number of pyridine rings is 2. The predicted molar refractivity (Wildman–Crippen MR) is 550 cm³/mol. The van der Waals surface area contributed by atoms with Gasteiger partial charge in [0.05, 0.1) is 66.6 Å². The molecule has 11 heterocycles. The van der Waals surface area contributed by atoms with Crippen molar-refractivity contribution in [2.24, 2.45) is 46.8 Å². The van der Waals surface area contributed by atoms with E-state index in [9.17, 15) is 68.0 Å². The summed E-state index contributed by atoms with van der Waals surface area (Å²) in [6, 6.07) is 12.7. The molecule has 46 heteroatoms. The summed E-state index contributed by atoms with van der Waals surface area (Å²) in [5.74, 6) is -1.04. The van der Waals surface area contributed by atoms with E-state index < -0.39 is 68.4 Å². The van der Waals surface area contributed by atoms with E-state index in [0.29, 0.717) is 111 Å². The lowest BCUT2D eigenvalue weighted by molar-refractivity contribution is -0.384. The fraction of sp³-hybridized carbons (Fsp3) is 0.545. The van der Waals surface area contributed by atoms with Crippen molar-refractivity contribution < 1.29 is 67.2 Å². The summed E-state index contributed by atoms with van der Waals surface area (Å²) in [7, 11) is -4.13. The van der Waals surface area contributed by atoms with E-state index in [4.69, 9.17) is 46.1 Å². The van der Waals surface area contributed by atoms with Crippen LogP contribution in [-0.2, 0) is 10.0 Å². The van der Waals surface area contributed by atoms with Gasteiger partial charge >= 0.3 is 18.1 Å². The lowest BCUT2D eigenvalue weighted by Crippen LogP contribution is -2.48. The highest BCUT2D eigenvalue weighted by Crippen LogP contribution is 2.38. The van der Waals surface area contributed by atoms with Gasteiger partial charge in [-0.05, 0) is 218 Å². The van der Waals surface area contributed by atoms with Gasteiger partial charge in [-0.3, -0.25) is 10.1 Å². The molecule has 796 valence electrons. The van der Waals surface area contributed by atoms with E-state index in [-0.39, 0.29) is 208 Å². The fourth-order valence-corrected chi connectivity index (χ4v) is 21.3. The Bertz CT molecular complexity index is 6020. The molecule has 0 radical (unpaired) electrons. The molecule has 5 saturated carbocycles. The van der Waals surface area contributed by atoms with E-state index in [0.717, 1.165) is 135 Å². The highest BCUT2D eigenvalue weighted by Gasteiger charge is 2.38. The maximum absolute atomic E-state index is 15.0. The van der Waals surface area contributed by atoms with Gasteiger partial charge in [-0.2, -0.15) is 9.97 Å². The number of carbonyl (C=O) groups excluding carboxylic acids is 3. The molecular weight excluding hydrogens is 1950 g/mol. The molecule has 3 saturated heterocycles. The van der Waals surface area contributed by atoms with E-state index in [1.54, 1.807) is 31.3 Å². The number of carbonyl (C=O) groups is 3. The molecule has 3 aliphatic heterocycles. The van der Waals surface area contributed by atoms with Gasteiger partial charge in [0, 0.05) is 132 Å². The number of urea groups is 3. The number of fused-ring (bicyclic) bond motifs is 2. The molecule has 6 amide bonds. The van der Waals surface area contributed by atoms with Crippen molar-refractivity contribution in [1.82, 2.24) is 89.4 Å². The van der Waals surface area contributed by atoms with Crippen LogP contribution in [0.15, 0.2) is 109 Å². The standard InChI is InChI=1S/C30H32F3N7O3S.C23H26F3N7O.C16H22ClF2N5O.C11H16ClFN4.C7H8N2O2.C7H16N2.5CH4/c1-17-3-5-23(6-4-17)44(42,43)40-16-25(24-11-20(32)13-35-29(24)40)27-34-14-26(33)28(38-27)36-21-9-18(2)10-22(12-21)37-30(41)39-8-7-19(31)15-39;1-12-4-15(7-16(5-12)31-23(34)33-3-2-13(24)11-33)30-22-19(26)10-29-21(32-22)18-9-28-20-17(18)6-14(25)8-27-20;1-9-4-11(21-14-13(19)7-20-15(17)23-14)6-12(5-9)22-16(25)24-3-2-10(18)8-24;1-6-2-7(14)4-8(3-6)16-10-9(13)5-15-11(12)17-10;1-5-2-6(8)4-7(3-5)9(10)11;1-5-2-6(8)4-7(9)3-5;;;;;/h3-6,11,13-14,16,18-19,21-22H,7-10,12,15H2,1-2H3,(H,37,41)(H,34,36,38);6,8-10,12-13,15-16H,2-5,7,11H2,1H3,(H,27,28)(H,31,34)(H,29,30,32);7,9-12H,2-6,8H2,1H3,(H,22,25)(H,20,21,23);5-8H,2-4,14H2,1H3,(H,15,16,17);2-4H,8H2,1H3;5-7H,2-4,8-9H2,1H3;5*1H4/t18?,19-,21?,22?;12?,13-,15?,16?;9?,10-,11?,12?;;;;;;;;/m000......../s1. The van der Waals surface area contributed by atoms with Crippen LogP contribution >= 0.6 is 23.2 Å². The fourth-order valence-electron chi connectivity index (χ4n) is 19.7. The van der Waals surface area contributed by atoms with Crippen LogP contribution in [0.25, 0.3) is 44.8 Å². The second-order valence-corrected chi connectivity index (χ2v) is 40.9. The second-order valence-electron chi connectivity index (χ2n) is 38.4. The van der Waals surface area contributed by atoms with E-state index >= 15 is 4.39 Å². The minimum Gasteiger partial charge on any atom is -0.399 e. The first-order valence-corrected chi connectivity index (χ1v) is 49.2. The number of H-pyrrole nitrogens is 1. The third kappa shape index (κ3) is 33.1. The van der Waals surface area contributed by atoms with Gasteiger partial charge < -0.3 is 79.8 Å². The number of aromatic nitrogens is 12. The Labute approximate surface area is 851 Å². The number of rotatable bonds is 16. The number of likely N-dealkylation sites (tertiary alicyclic amines) is 3. The van der Waals surface area contributed by atoms with Crippen molar-refractivity contribution >= 4 is 108 Å². The number of non-ortho nitro benzene ring substituents is 1. The zero-order valence-corrected chi connectivity index (χ0v) is 80.9. The summed E-state index contributed by atoms with van der Waals surface area (Å²) in [6.45, 7) is 15.8. The monoisotopic (exact) mass is 2090 g/mol. The predicted octanol–water partition coefficient (Wildman–Crippen LogP) is 19.4. The minimum absolute atomic E-state index is 0. The van der Waals surface area contributed by atoms with Gasteiger partial charge in [-0.1, -0.05) is 89.4 Å². The van der Waals surface area contributed by atoms with Crippen molar-refractivity contribution in [2.45, 2.75) is 285 Å². The van der Waals surface area contributed by atoms with Crippen LogP contribution in [0.3, 0.4) is 0 Å². The first-order chi connectivity index (χ1) is 66.5. The number of nitrogens with zero attached hydrogens (tertiary/aromatic N) is 15. The number of nitrogens with one attached hydrogen (secondary N) is 8. The third-order valence-corrected chi connectivity index (χ3v) is 27.8. The lowest BCUT2D eigenvalue weighted by Gasteiger charge is -2.35. The number of alkyl halides is 3. The summed E-state index contributed by atoms with van der Waals surface area (Å²) >= 11 is 11.4. The van der Waals surface area contributed by atoms with Crippen LogP contribution in [0.4, 0.5) is 88.5 Å². The van der Waals surface area contributed by atoms with E-state index in [2.05, 4.69) is 120 Å². The number of halogens is 11. The number of amides is 6. The number of nitrogens with two attached hydrogens (primary N) is 4. The van der Waals surface area contributed by atoms with Crippen molar-refractivity contribution in [3.8, 4) is 22.8 Å². The number of aryl methyl sites for hydroxylation is 2. The van der Waals surface area contributed by atoms with Crippen LogP contribution in [0, 0.1) is 88.5 Å². The number of hydrogen-bond acceptors (Lipinski definition) is 25. The van der Waals surface area contributed by atoms with Crippen LogP contribution in [0.5, 0.6) is 0 Å². The second kappa shape index (κ2) is 53.5. The molecule has 16 N–H and O–H groups in total. The van der Waals surface area contributed by atoms with Crippen molar-refractivity contribution in [1.29, 1.82) is 0 Å². The number of hydrogen-bond donors (Lipinski definition) is 12. The molecule has 8 aromatic heterocycles. The minimum atomic E-state index is -4.13. The first-order valence-electron chi connectivity index (χ1n) is 47.0.